The molecule has 2 aromatic rings. The topological polar surface area (TPSA) is 0 Å². The van der Waals surface area contributed by atoms with Crippen molar-refractivity contribution in [1.82, 2.24) is 0 Å². The van der Waals surface area contributed by atoms with Crippen LogP contribution in [0.4, 0.5) is 4.39 Å². The van der Waals surface area contributed by atoms with Gasteiger partial charge in [0.2, 0.25) is 0 Å². The molecule has 0 heterocycles. The van der Waals surface area contributed by atoms with E-state index >= 15 is 0 Å². The van der Waals surface area contributed by atoms with Gasteiger partial charge in [-0.3, -0.25) is 0 Å². The zero-order chi connectivity index (χ0) is 15.5. The molecule has 4 heteroatoms. The molecule has 2 aromatic carbocycles. The molecule has 0 unspecified atom stereocenters. The highest BCUT2D eigenvalue weighted by atomic mass is 35.5. The lowest BCUT2D eigenvalue weighted by Crippen LogP contribution is -2.33. The molecule has 0 aliphatic rings. The van der Waals surface area contributed by atoms with Crippen LogP contribution in [0.2, 0.25) is 5.02 Å². The molecule has 21 heavy (non-hydrogen) atoms. The maximum atomic E-state index is 14.1. The summed E-state index contributed by atoms with van der Waals surface area (Å²) in [6, 6.07) is 12.7. The summed E-state index contributed by atoms with van der Waals surface area (Å²) in [5.74, 6) is 0.317. The van der Waals surface area contributed by atoms with Gasteiger partial charge in [-0.1, -0.05) is 47.5 Å². The van der Waals surface area contributed by atoms with E-state index in [4.69, 9.17) is 34.8 Å². The van der Waals surface area contributed by atoms with Crippen LogP contribution in [-0.2, 0) is 11.8 Å². The maximum Gasteiger partial charge on any atom is 0.127 e. The third-order valence-electron chi connectivity index (χ3n) is 3.72. The molecular formula is C17H16Cl3F. The molecule has 0 amide bonds. The van der Waals surface area contributed by atoms with Crippen molar-refractivity contribution in [2.24, 2.45) is 0 Å². The molecule has 0 atom stereocenters. The number of benzene rings is 2. The molecule has 0 aliphatic carbocycles. The molecule has 0 aliphatic heterocycles. The summed E-state index contributed by atoms with van der Waals surface area (Å²) in [6.07, 6.45) is 0.437. The van der Waals surface area contributed by atoms with Gasteiger partial charge in [-0.25, -0.2) is 4.39 Å². The second kappa shape index (κ2) is 7.00. The SMILES string of the molecule is Cc1ccc(C(CCl)(CCl)Cc2ccc(Cl)cc2F)cc1. The molecule has 0 saturated heterocycles. The van der Waals surface area contributed by atoms with Crippen LogP contribution in [0, 0.1) is 12.7 Å². The first-order chi connectivity index (χ1) is 10.0. The van der Waals surface area contributed by atoms with E-state index in [0.29, 0.717) is 28.8 Å². The van der Waals surface area contributed by atoms with E-state index in [0.717, 1.165) is 11.1 Å². The van der Waals surface area contributed by atoms with Gasteiger partial charge in [0, 0.05) is 22.2 Å². The Morgan fingerprint density at radius 2 is 1.62 bits per heavy atom. The predicted octanol–water partition coefficient (Wildman–Crippen LogP) is 5.75. The van der Waals surface area contributed by atoms with Crippen LogP contribution < -0.4 is 0 Å². The smallest absolute Gasteiger partial charge is 0.127 e. The molecule has 112 valence electrons. The Kier molecular flexibility index (Phi) is 5.54. The van der Waals surface area contributed by atoms with Crippen LogP contribution in [0.15, 0.2) is 42.5 Å². The molecule has 0 nitrogen and oxygen atoms in total. The number of aryl methyl sites for hydroxylation is 1. The van der Waals surface area contributed by atoms with Crippen molar-refractivity contribution in [3.05, 3.63) is 70.0 Å². The number of rotatable bonds is 5. The fourth-order valence-corrected chi connectivity index (χ4v) is 3.27. The monoisotopic (exact) mass is 344 g/mol. The van der Waals surface area contributed by atoms with Gasteiger partial charge in [0.05, 0.1) is 0 Å². The van der Waals surface area contributed by atoms with E-state index in [2.05, 4.69) is 0 Å². The van der Waals surface area contributed by atoms with E-state index in [-0.39, 0.29) is 5.82 Å². The zero-order valence-electron chi connectivity index (χ0n) is 11.7. The highest BCUT2D eigenvalue weighted by Gasteiger charge is 2.32. The van der Waals surface area contributed by atoms with Crippen LogP contribution in [0.3, 0.4) is 0 Å². The minimum absolute atomic E-state index is 0.321. The van der Waals surface area contributed by atoms with Gasteiger partial charge in [-0.2, -0.15) is 0 Å². The van der Waals surface area contributed by atoms with Gasteiger partial charge in [0.15, 0.2) is 0 Å². The summed E-state index contributed by atoms with van der Waals surface area (Å²) in [7, 11) is 0. The predicted molar refractivity (Wildman–Crippen MR) is 89.4 cm³/mol. The van der Waals surface area contributed by atoms with Gasteiger partial charge in [-0.15, -0.1) is 23.2 Å². The minimum Gasteiger partial charge on any atom is -0.207 e. The van der Waals surface area contributed by atoms with Crippen molar-refractivity contribution in [2.45, 2.75) is 18.8 Å². The fourth-order valence-electron chi connectivity index (χ4n) is 2.32. The molecule has 0 saturated carbocycles. The van der Waals surface area contributed by atoms with Crippen LogP contribution >= 0.6 is 34.8 Å². The summed E-state index contributed by atoms with van der Waals surface area (Å²) in [5.41, 5.74) is 2.26. The molecular weight excluding hydrogens is 330 g/mol. The lowest BCUT2D eigenvalue weighted by Gasteiger charge is -2.30. The molecule has 0 bridgehead atoms. The maximum absolute atomic E-state index is 14.1. The van der Waals surface area contributed by atoms with Crippen molar-refractivity contribution >= 4 is 34.8 Å². The Labute approximate surface area is 139 Å². The van der Waals surface area contributed by atoms with Crippen LogP contribution in [0.25, 0.3) is 0 Å². The normalized spacial score (nSPS) is 11.7. The summed E-state index contributed by atoms with van der Waals surface area (Å²) in [4.78, 5) is 0. The number of halogens is 4. The van der Waals surface area contributed by atoms with E-state index < -0.39 is 5.41 Å². The Bertz CT molecular complexity index is 604. The number of hydrogen-bond donors (Lipinski definition) is 0. The van der Waals surface area contributed by atoms with Crippen molar-refractivity contribution in [1.29, 1.82) is 0 Å². The Balaban J connectivity index is 2.40. The highest BCUT2D eigenvalue weighted by molar-refractivity contribution is 6.30. The Hall–Kier alpha value is -0.760. The van der Waals surface area contributed by atoms with Gasteiger partial charge >= 0.3 is 0 Å². The zero-order valence-corrected chi connectivity index (χ0v) is 13.9. The highest BCUT2D eigenvalue weighted by Crippen LogP contribution is 2.33. The third kappa shape index (κ3) is 3.71. The molecule has 0 radical (unpaired) electrons. The first kappa shape index (κ1) is 16.6. The van der Waals surface area contributed by atoms with E-state index in [1.54, 1.807) is 12.1 Å². The Morgan fingerprint density at radius 1 is 1.00 bits per heavy atom. The third-order valence-corrected chi connectivity index (χ3v) is 4.98. The van der Waals surface area contributed by atoms with Crippen molar-refractivity contribution in [2.75, 3.05) is 11.8 Å². The van der Waals surface area contributed by atoms with E-state index in [9.17, 15) is 4.39 Å². The van der Waals surface area contributed by atoms with Gasteiger partial charge in [-0.05, 0) is 36.6 Å². The number of hydrogen-bond acceptors (Lipinski definition) is 0. The first-order valence-corrected chi connectivity index (χ1v) is 8.08. The molecule has 0 spiro atoms. The lowest BCUT2D eigenvalue weighted by molar-refractivity contribution is 0.512. The van der Waals surface area contributed by atoms with Crippen LogP contribution in [-0.4, -0.2) is 11.8 Å². The average Bonchev–Trinajstić information content (AvgIpc) is 2.48. The molecule has 0 aromatic heterocycles. The summed E-state index contributed by atoms with van der Waals surface area (Å²) < 4.78 is 14.1. The standard InChI is InChI=1S/C17H16Cl3F/c1-12-2-5-14(6-3-12)17(10-18,11-19)9-13-4-7-15(20)8-16(13)21/h2-8H,9-11H2,1H3. The average molecular weight is 346 g/mol. The number of alkyl halides is 2. The second-order valence-electron chi connectivity index (χ2n) is 5.33. The summed E-state index contributed by atoms with van der Waals surface area (Å²) in [5, 5.41) is 0.383. The van der Waals surface area contributed by atoms with Crippen LogP contribution in [0.1, 0.15) is 16.7 Å². The minimum atomic E-state index is -0.495. The molecule has 0 N–H and O–H groups in total. The van der Waals surface area contributed by atoms with Gasteiger partial charge < -0.3 is 0 Å². The van der Waals surface area contributed by atoms with E-state index in [1.165, 1.54) is 6.07 Å². The largest absolute Gasteiger partial charge is 0.207 e. The first-order valence-electron chi connectivity index (χ1n) is 6.64. The second-order valence-corrected chi connectivity index (χ2v) is 6.30. The van der Waals surface area contributed by atoms with E-state index in [1.807, 2.05) is 31.2 Å². The summed E-state index contributed by atoms with van der Waals surface area (Å²) >= 11 is 18.2. The fraction of sp³-hybridized carbons (Fsp3) is 0.294. The van der Waals surface area contributed by atoms with Crippen molar-refractivity contribution in [3.63, 3.8) is 0 Å². The molecule has 0 fully saturated rings. The molecule has 2 rings (SSSR count). The quantitative estimate of drug-likeness (QED) is 0.606. The van der Waals surface area contributed by atoms with Crippen molar-refractivity contribution in [3.8, 4) is 0 Å². The summed E-state index contributed by atoms with van der Waals surface area (Å²) in [6.45, 7) is 2.02. The van der Waals surface area contributed by atoms with Gasteiger partial charge in [0.25, 0.3) is 0 Å². The van der Waals surface area contributed by atoms with Crippen molar-refractivity contribution < 1.29 is 4.39 Å². The lowest BCUT2D eigenvalue weighted by atomic mass is 9.78. The van der Waals surface area contributed by atoms with Crippen LogP contribution in [0.5, 0.6) is 0 Å². The Morgan fingerprint density at radius 3 is 2.14 bits per heavy atom. The van der Waals surface area contributed by atoms with Gasteiger partial charge in [0.1, 0.15) is 5.82 Å².